The minimum absolute atomic E-state index is 0.0366. The van der Waals surface area contributed by atoms with Crippen LogP contribution in [0.5, 0.6) is 0 Å². The Kier molecular flexibility index (Phi) is 7.10. The highest BCUT2D eigenvalue weighted by Gasteiger charge is 2.30. The maximum atomic E-state index is 12.3. The first-order valence-corrected chi connectivity index (χ1v) is 6.79. The lowest BCUT2D eigenvalue weighted by molar-refractivity contribution is -0.138. The molecule has 0 saturated carbocycles. The number of nitrogens with zero attached hydrogens (tertiary/aromatic N) is 1. The molecule has 0 aliphatic heterocycles. The largest absolute Gasteiger partial charge is 0.481 e. The molecule has 0 radical (unpaired) electrons. The van der Waals surface area contributed by atoms with Crippen molar-refractivity contribution in [1.29, 1.82) is 0 Å². The first kappa shape index (κ1) is 18.5. The van der Waals surface area contributed by atoms with Gasteiger partial charge in [0.25, 0.3) is 0 Å². The summed E-state index contributed by atoms with van der Waals surface area (Å²) in [7, 11) is 0. The van der Waals surface area contributed by atoms with E-state index in [1.165, 1.54) is 6.07 Å². The van der Waals surface area contributed by atoms with Crippen molar-refractivity contribution in [2.24, 2.45) is 0 Å². The van der Waals surface area contributed by atoms with Gasteiger partial charge in [0.1, 0.15) is 5.82 Å². The van der Waals surface area contributed by atoms with E-state index in [1.54, 1.807) is 0 Å². The number of hydrogen-bond acceptors (Lipinski definition) is 4. The summed E-state index contributed by atoms with van der Waals surface area (Å²) in [6, 6.07) is 1.69. The number of anilines is 1. The fraction of sp³-hybridized carbons (Fsp3) is 0.462. The van der Waals surface area contributed by atoms with Crippen LogP contribution in [0.25, 0.3) is 0 Å². The van der Waals surface area contributed by atoms with Crippen molar-refractivity contribution in [3.05, 3.63) is 23.9 Å². The number of carbonyl (C=O) groups is 2. The van der Waals surface area contributed by atoms with Crippen molar-refractivity contribution in [3.63, 3.8) is 0 Å². The van der Waals surface area contributed by atoms with E-state index >= 15 is 0 Å². The number of aliphatic carboxylic acids is 1. The average molecular weight is 334 g/mol. The Morgan fingerprint density at radius 3 is 2.39 bits per heavy atom. The van der Waals surface area contributed by atoms with Crippen LogP contribution in [0, 0.1) is 0 Å². The van der Waals surface area contributed by atoms with Crippen LogP contribution in [0.3, 0.4) is 0 Å². The second-order valence-electron chi connectivity index (χ2n) is 4.54. The highest BCUT2D eigenvalue weighted by Crippen LogP contribution is 2.28. The number of urea groups is 1. The number of carboxylic acids is 1. The van der Waals surface area contributed by atoms with Crippen LogP contribution in [-0.4, -0.2) is 41.7 Å². The van der Waals surface area contributed by atoms with E-state index < -0.39 is 23.7 Å². The van der Waals surface area contributed by atoms with Gasteiger partial charge in [0, 0.05) is 25.8 Å². The van der Waals surface area contributed by atoms with E-state index in [9.17, 15) is 22.8 Å². The monoisotopic (exact) mass is 334 g/mol. The summed E-state index contributed by atoms with van der Waals surface area (Å²) < 4.78 is 37.0. The van der Waals surface area contributed by atoms with Gasteiger partial charge in [-0.1, -0.05) is 0 Å². The fourth-order valence-electron chi connectivity index (χ4n) is 1.52. The van der Waals surface area contributed by atoms with Crippen molar-refractivity contribution in [1.82, 2.24) is 15.6 Å². The molecule has 10 heteroatoms. The van der Waals surface area contributed by atoms with E-state index in [-0.39, 0.29) is 13.0 Å². The molecule has 23 heavy (non-hydrogen) atoms. The number of nitrogens with one attached hydrogen (secondary N) is 3. The molecule has 1 rings (SSSR count). The van der Waals surface area contributed by atoms with Crippen molar-refractivity contribution in [2.45, 2.75) is 19.0 Å². The number of halogens is 3. The smallest absolute Gasteiger partial charge is 0.417 e. The van der Waals surface area contributed by atoms with E-state index in [4.69, 9.17) is 5.11 Å². The number of rotatable bonds is 8. The molecule has 1 heterocycles. The van der Waals surface area contributed by atoms with Crippen molar-refractivity contribution < 1.29 is 27.9 Å². The van der Waals surface area contributed by atoms with Crippen LogP contribution >= 0.6 is 0 Å². The zero-order valence-corrected chi connectivity index (χ0v) is 12.1. The van der Waals surface area contributed by atoms with Gasteiger partial charge in [-0.25, -0.2) is 9.78 Å². The summed E-state index contributed by atoms with van der Waals surface area (Å²) in [5.74, 6) is -0.692. The van der Waals surface area contributed by atoms with Crippen LogP contribution < -0.4 is 16.0 Å². The van der Waals surface area contributed by atoms with Gasteiger partial charge in [0.15, 0.2) is 0 Å². The van der Waals surface area contributed by atoms with Crippen molar-refractivity contribution in [3.8, 4) is 0 Å². The molecule has 0 fully saturated rings. The van der Waals surface area contributed by atoms with E-state index in [2.05, 4.69) is 20.9 Å². The molecule has 4 N–H and O–H groups in total. The Labute approximate surface area is 130 Å². The Balaban J connectivity index is 2.15. The van der Waals surface area contributed by atoms with Gasteiger partial charge in [-0.05, 0) is 18.6 Å². The van der Waals surface area contributed by atoms with Crippen molar-refractivity contribution in [2.75, 3.05) is 25.0 Å². The summed E-state index contributed by atoms with van der Waals surface area (Å²) in [4.78, 5) is 25.1. The van der Waals surface area contributed by atoms with Crippen LogP contribution in [0.1, 0.15) is 18.4 Å². The highest BCUT2D eigenvalue weighted by atomic mass is 19.4. The summed E-state index contributed by atoms with van der Waals surface area (Å²) in [6.07, 6.45) is -3.30. The molecule has 1 aromatic heterocycles. The quantitative estimate of drug-likeness (QED) is 0.542. The molecular weight excluding hydrogens is 317 g/mol. The minimum atomic E-state index is -4.41. The lowest BCUT2D eigenvalue weighted by Crippen LogP contribution is -2.37. The number of carbonyl (C=O) groups excluding carboxylic acids is 1. The third-order valence-corrected chi connectivity index (χ3v) is 2.66. The number of hydrogen-bond donors (Lipinski definition) is 4. The second-order valence-corrected chi connectivity index (χ2v) is 4.54. The summed E-state index contributed by atoms with van der Waals surface area (Å²) >= 11 is 0. The predicted molar refractivity (Wildman–Crippen MR) is 76.0 cm³/mol. The number of aromatic nitrogens is 1. The van der Waals surface area contributed by atoms with Crippen LogP contribution in [0.4, 0.5) is 23.8 Å². The second kappa shape index (κ2) is 8.81. The zero-order chi connectivity index (χ0) is 17.3. The molecule has 1 aromatic rings. The number of carboxylic acid groups (broad SMARTS) is 1. The standard InChI is InChI=1S/C13H17F3N4O3/c14-13(15,16)9-2-3-10(20-8-9)17-5-1-6-18-12(23)19-7-4-11(21)22/h2-3,8H,1,4-7H2,(H,17,20)(H,21,22)(H2,18,19,23). The van der Waals surface area contributed by atoms with Gasteiger partial charge in [-0.15, -0.1) is 0 Å². The van der Waals surface area contributed by atoms with Gasteiger partial charge < -0.3 is 21.1 Å². The molecular formula is C13H17F3N4O3. The number of pyridine rings is 1. The molecule has 0 aromatic carbocycles. The van der Waals surface area contributed by atoms with Crippen LogP contribution in [-0.2, 0) is 11.0 Å². The van der Waals surface area contributed by atoms with Crippen LogP contribution in [0.2, 0.25) is 0 Å². The van der Waals surface area contributed by atoms with E-state index in [1.807, 2.05) is 0 Å². The molecule has 0 spiro atoms. The third-order valence-electron chi connectivity index (χ3n) is 2.66. The molecule has 0 unspecified atom stereocenters. The molecule has 7 nitrogen and oxygen atoms in total. The Morgan fingerprint density at radius 2 is 1.83 bits per heavy atom. The third kappa shape index (κ3) is 7.88. The lowest BCUT2D eigenvalue weighted by Gasteiger charge is -2.09. The molecule has 128 valence electrons. The molecule has 0 saturated heterocycles. The summed E-state index contributed by atoms with van der Waals surface area (Å²) in [6.45, 7) is 0.773. The van der Waals surface area contributed by atoms with Gasteiger partial charge in [-0.3, -0.25) is 4.79 Å². The van der Waals surface area contributed by atoms with Gasteiger partial charge in [-0.2, -0.15) is 13.2 Å². The Bertz CT molecular complexity index is 520. The first-order chi connectivity index (χ1) is 10.8. The fourth-order valence-corrected chi connectivity index (χ4v) is 1.52. The Morgan fingerprint density at radius 1 is 1.13 bits per heavy atom. The van der Waals surface area contributed by atoms with Gasteiger partial charge >= 0.3 is 18.2 Å². The molecule has 0 aliphatic carbocycles. The van der Waals surface area contributed by atoms with E-state index in [0.717, 1.165) is 12.3 Å². The maximum absolute atomic E-state index is 12.3. The maximum Gasteiger partial charge on any atom is 0.417 e. The predicted octanol–water partition coefficient (Wildman–Crippen LogP) is 1.68. The van der Waals surface area contributed by atoms with Gasteiger partial charge in [0.2, 0.25) is 0 Å². The summed E-state index contributed by atoms with van der Waals surface area (Å²) in [5.41, 5.74) is -0.817. The van der Waals surface area contributed by atoms with E-state index in [0.29, 0.717) is 25.3 Å². The number of amides is 2. The van der Waals surface area contributed by atoms with Crippen molar-refractivity contribution >= 4 is 17.8 Å². The lowest BCUT2D eigenvalue weighted by atomic mass is 10.3. The normalized spacial score (nSPS) is 10.9. The molecule has 0 atom stereocenters. The molecule has 0 aliphatic rings. The summed E-state index contributed by atoms with van der Waals surface area (Å²) in [5, 5.41) is 16.1. The number of alkyl halides is 3. The Hall–Kier alpha value is -2.52. The minimum Gasteiger partial charge on any atom is -0.481 e. The zero-order valence-electron chi connectivity index (χ0n) is 12.1. The SMILES string of the molecule is O=C(O)CCNC(=O)NCCCNc1ccc(C(F)(F)F)cn1. The average Bonchev–Trinajstić information content (AvgIpc) is 2.46. The van der Waals surface area contributed by atoms with Gasteiger partial charge in [0.05, 0.1) is 12.0 Å². The molecule has 2 amide bonds. The van der Waals surface area contributed by atoms with Crippen LogP contribution in [0.15, 0.2) is 18.3 Å². The highest BCUT2D eigenvalue weighted by molar-refractivity contribution is 5.74. The first-order valence-electron chi connectivity index (χ1n) is 6.79. The topological polar surface area (TPSA) is 103 Å². The molecule has 0 bridgehead atoms.